The van der Waals surface area contributed by atoms with Gasteiger partial charge in [0, 0.05) is 25.4 Å². The lowest BCUT2D eigenvalue weighted by Gasteiger charge is -2.15. The van der Waals surface area contributed by atoms with Crippen LogP contribution in [0.25, 0.3) is 5.69 Å². The fourth-order valence-electron chi connectivity index (χ4n) is 1.68. The number of halogens is 1. The van der Waals surface area contributed by atoms with Crippen LogP contribution in [0.4, 0.5) is 5.69 Å². The summed E-state index contributed by atoms with van der Waals surface area (Å²) in [4.78, 5) is 17.7. The van der Waals surface area contributed by atoms with Crippen molar-refractivity contribution in [2.75, 3.05) is 24.0 Å². The standard InChI is InChI=1S/C13H15BrN4OS/c1-17(12(19)5-7-20-2)11-9-18(16-13(11)14)10-4-3-6-15-8-10/h3-4,6,8-9H,5,7H2,1-2H3. The van der Waals surface area contributed by atoms with Gasteiger partial charge in [0.2, 0.25) is 5.91 Å². The van der Waals surface area contributed by atoms with Gasteiger partial charge in [-0.15, -0.1) is 0 Å². The largest absolute Gasteiger partial charge is 0.312 e. The number of aromatic nitrogens is 3. The number of hydrogen-bond donors (Lipinski definition) is 0. The van der Waals surface area contributed by atoms with E-state index < -0.39 is 0 Å². The van der Waals surface area contributed by atoms with E-state index in [9.17, 15) is 4.79 Å². The Hall–Kier alpha value is -1.34. The molecule has 7 heteroatoms. The Bertz CT molecular complexity index is 587. The number of nitrogens with zero attached hydrogens (tertiary/aromatic N) is 4. The van der Waals surface area contributed by atoms with Crippen molar-refractivity contribution in [3.05, 3.63) is 35.3 Å². The summed E-state index contributed by atoms with van der Waals surface area (Å²) in [7, 11) is 1.76. The Morgan fingerprint density at radius 3 is 3.00 bits per heavy atom. The highest BCUT2D eigenvalue weighted by Crippen LogP contribution is 2.26. The Balaban J connectivity index is 2.21. The van der Waals surface area contributed by atoms with E-state index in [1.54, 1.807) is 40.8 Å². The van der Waals surface area contributed by atoms with Crippen molar-refractivity contribution in [2.45, 2.75) is 6.42 Å². The van der Waals surface area contributed by atoms with Crippen LogP contribution < -0.4 is 4.90 Å². The number of thioether (sulfide) groups is 1. The van der Waals surface area contributed by atoms with Crippen LogP contribution in [0.15, 0.2) is 35.3 Å². The van der Waals surface area contributed by atoms with Gasteiger partial charge in [-0.1, -0.05) is 0 Å². The second-order valence-corrected chi connectivity index (χ2v) is 5.89. The fourth-order valence-corrected chi connectivity index (χ4v) is 2.60. The third-order valence-corrected chi connectivity index (χ3v) is 3.99. The van der Waals surface area contributed by atoms with Crippen molar-refractivity contribution >= 4 is 39.3 Å². The number of pyridine rings is 1. The van der Waals surface area contributed by atoms with E-state index in [-0.39, 0.29) is 5.91 Å². The first-order valence-corrected chi connectivity index (χ1v) is 8.23. The molecule has 0 aromatic carbocycles. The van der Waals surface area contributed by atoms with E-state index in [0.717, 1.165) is 17.1 Å². The molecule has 0 bridgehead atoms. The summed E-state index contributed by atoms with van der Waals surface area (Å²) < 4.78 is 2.34. The summed E-state index contributed by atoms with van der Waals surface area (Å²) in [5, 5.41) is 4.36. The van der Waals surface area contributed by atoms with Gasteiger partial charge in [-0.25, -0.2) is 4.68 Å². The number of carbonyl (C=O) groups is 1. The first-order valence-electron chi connectivity index (χ1n) is 6.04. The van der Waals surface area contributed by atoms with Crippen LogP contribution >= 0.6 is 27.7 Å². The van der Waals surface area contributed by atoms with E-state index in [4.69, 9.17) is 0 Å². The maximum Gasteiger partial charge on any atom is 0.227 e. The molecule has 1 amide bonds. The van der Waals surface area contributed by atoms with Crippen molar-refractivity contribution < 1.29 is 4.79 Å². The van der Waals surface area contributed by atoms with Crippen molar-refractivity contribution in [1.29, 1.82) is 0 Å². The molecular formula is C13H15BrN4OS. The minimum atomic E-state index is 0.0748. The van der Waals surface area contributed by atoms with Gasteiger partial charge in [0.15, 0.2) is 4.60 Å². The van der Waals surface area contributed by atoms with Gasteiger partial charge in [0.1, 0.15) is 0 Å². The molecule has 2 rings (SSSR count). The van der Waals surface area contributed by atoms with Gasteiger partial charge in [-0.2, -0.15) is 16.9 Å². The predicted molar refractivity (Wildman–Crippen MR) is 85.5 cm³/mol. The third kappa shape index (κ3) is 3.40. The molecule has 0 fully saturated rings. The average molecular weight is 355 g/mol. The molecule has 5 nitrogen and oxygen atoms in total. The second kappa shape index (κ2) is 6.90. The maximum absolute atomic E-state index is 12.0. The molecule has 20 heavy (non-hydrogen) atoms. The van der Waals surface area contributed by atoms with E-state index >= 15 is 0 Å². The van der Waals surface area contributed by atoms with Gasteiger partial charge in [-0.05, 0) is 34.3 Å². The monoisotopic (exact) mass is 354 g/mol. The molecule has 0 spiro atoms. The number of amides is 1. The zero-order valence-corrected chi connectivity index (χ0v) is 13.7. The normalized spacial score (nSPS) is 10.6. The summed E-state index contributed by atoms with van der Waals surface area (Å²) in [5.74, 6) is 0.892. The lowest BCUT2D eigenvalue weighted by Crippen LogP contribution is -2.26. The number of anilines is 1. The van der Waals surface area contributed by atoms with Crippen LogP contribution in [0.3, 0.4) is 0 Å². The van der Waals surface area contributed by atoms with E-state index in [1.165, 1.54) is 0 Å². The first kappa shape index (κ1) is 15.1. The molecule has 0 aliphatic carbocycles. The van der Waals surface area contributed by atoms with Crippen molar-refractivity contribution in [3.63, 3.8) is 0 Å². The molecule has 0 saturated carbocycles. The van der Waals surface area contributed by atoms with E-state index in [1.807, 2.05) is 24.6 Å². The Morgan fingerprint density at radius 1 is 1.55 bits per heavy atom. The van der Waals surface area contributed by atoms with Crippen molar-refractivity contribution in [1.82, 2.24) is 14.8 Å². The number of rotatable bonds is 5. The highest BCUT2D eigenvalue weighted by atomic mass is 79.9. The smallest absolute Gasteiger partial charge is 0.227 e. The summed E-state index contributed by atoms with van der Waals surface area (Å²) >= 11 is 5.06. The van der Waals surface area contributed by atoms with Crippen LogP contribution in [0.2, 0.25) is 0 Å². The molecule has 0 radical (unpaired) electrons. The molecule has 0 unspecified atom stereocenters. The summed E-state index contributed by atoms with van der Waals surface area (Å²) in [6.07, 6.45) is 7.75. The van der Waals surface area contributed by atoms with Crippen molar-refractivity contribution in [2.24, 2.45) is 0 Å². The van der Waals surface area contributed by atoms with Gasteiger partial charge in [-0.3, -0.25) is 9.78 Å². The highest BCUT2D eigenvalue weighted by Gasteiger charge is 2.17. The Kier molecular flexibility index (Phi) is 5.19. The third-order valence-electron chi connectivity index (χ3n) is 2.82. The van der Waals surface area contributed by atoms with Gasteiger partial charge in [0.05, 0.1) is 23.8 Å². The SMILES string of the molecule is CSCCC(=O)N(C)c1cn(-c2cccnc2)nc1Br. The summed E-state index contributed by atoms with van der Waals surface area (Å²) in [6, 6.07) is 3.75. The summed E-state index contributed by atoms with van der Waals surface area (Å²) in [6.45, 7) is 0. The molecule has 0 N–H and O–H groups in total. The molecule has 0 aliphatic heterocycles. The molecule has 0 saturated heterocycles. The minimum Gasteiger partial charge on any atom is -0.312 e. The molecule has 106 valence electrons. The number of hydrogen-bond acceptors (Lipinski definition) is 4. The minimum absolute atomic E-state index is 0.0748. The van der Waals surface area contributed by atoms with E-state index in [2.05, 4.69) is 26.0 Å². The molecule has 2 heterocycles. The zero-order valence-electron chi connectivity index (χ0n) is 11.3. The van der Waals surface area contributed by atoms with Crippen molar-refractivity contribution in [3.8, 4) is 5.69 Å². The summed E-state index contributed by atoms with van der Waals surface area (Å²) in [5.41, 5.74) is 1.60. The lowest BCUT2D eigenvalue weighted by molar-refractivity contribution is -0.117. The van der Waals surface area contributed by atoms with Crippen LogP contribution in [0, 0.1) is 0 Å². The van der Waals surface area contributed by atoms with Crippen LogP contribution in [-0.2, 0) is 4.79 Å². The van der Waals surface area contributed by atoms with Gasteiger partial charge < -0.3 is 4.90 Å². The molecule has 0 atom stereocenters. The van der Waals surface area contributed by atoms with Gasteiger partial charge >= 0.3 is 0 Å². The molecular weight excluding hydrogens is 340 g/mol. The van der Waals surface area contributed by atoms with Crippen LogP contribution in [-0.4, -0.2) is 39.7 Å². The molecule has 2 aromatic heterocycles. The van der Waals surface area contributed by atoms with Gasteiger partial charge in [0.25, 0.3) is 0 Å². The average Bonchev–Trinajstić information content (AvgIpc) is 2.87. The van der Waals surface area contributed by atoms with Crippen LogP contribution in [0.1, 0.15) is 6.42 Å². The molecule has 2 aromatic rings. The van der Waals surface area contributed by atoms with E-state index in [0.29, 0.717) is 11.0 Å². The zero-order chi connectivity index (χ0) is 14.5. The topological polar surface area (TPSA) is 51.0 Å². The Morgan fingerprint density at radius 2 is 2.35 bits per heavy atom. The fraction of sp³-hybridized carbons (Fsp3) is 0.308. The second-order valence-electron chi connectivity index (χ2n) is 4.16. The Labute approximate surface area is 130 Å². The molecule has 0 aliphatic rings. The maximum atomic E-state index is 12.0. The lowest BCUT2D eigenvalue weighted by atomic mass is 10.4. The highest BCUT2D eigenvalue weighted by molar-refractivity contribution is 9.10. The predicted octanol–water partition coefficient (Wildman–Crippen LogP) is 2.75. The quantitative estimate of drug-likeness (QED) is 0.828. The number of carbonyl (C=O) groups excluding carboxylic acids is 1. The first-order chi connectivity index (χ1) is 9.63. The van der Waals surface area contributed by atoms with Crippen LogP contribution in [0.5, 0.6) is 0 Å².